The largest absolute Gasteiger partial charge is 0.508 e. The zero-order valence-corrected chi connectivity index (χ0v) is 6.54. The molecule has 0 radical (unpaired) electrons. The molecule has 1 aromatic rings. The molecule has 70 valence electrons. The fourth-order valence-corrected chi connectivity index (χ4v) is 0.639. The topological polar surface area (TPSA) is 94.8 Å². The Kier molecular flexibility index (Phi) is 4.71. The molecule has 0 aliphatic carbocycles. The van der Waals surface area contributed by atoms with Crippen molar-refractivity contribution < 1.29 is 24.9 Å². The molecule has 0 aliphatic rings. The third kappa shape index (κ3) is 4.41. The minimum atomic E-state index is -1.03. The maximum absolute atomic E-state index is 10.2. The molecule has 0 saturated carbocycles. The SMILES string of the molecule is O=C(O)c1cccc(O)c1.O=CO. The van der Waals surface area contributed by atoms with Crippen molar-refractivity contribution in [1.82, 2.24) is 0 Å². The number of hydrogen-bond acceptors (Lipinski definition) is 3. The van der Waals surface area contributed by atoms with Crippen molar-refractivity contribution in [1.29, 1.82) is 0 Å². The van der Waals surface area contributed by atoms with Gasteiger partial charge in [0.15, 0.2) is 0 Å². The quantitative estimate of drug-likeness (QED) is 0.561. The highest BCUT2D eigenvalue weighted by molar-refractivity contribution is 5.87. The van der Waals surface area contributed by atoms with E-state index in [2.05, 4.69) is 0 Å². The molecule has 0 aliphatic heterocycles. The molecule has 0 spiro atoms. The number of carboxylic acids is 1. The molecule has 0 aromatic heterocycles. The molecule has 0 atom stereocenters. The molecule has 5 nitrogen and oxygen atoms in total. The van der Waals surface area contributed by atoms with Crippen LogP contribution in [0.5, 0.6) is 5.75 Å². The summed E-state index contributed by atoms with van der Waals surface area (Å²) in [4.78, 5) is 18.6. The summed E-state index contributed by atoms with van der Waals surface area (Å²) in [7, 11) is 0. The third-order valence-electron chi connectivity index (χ3n) is 1.09. The fourth-order valence-electron chi connectivity index (χ4n) is 0.639. The van der Waals surface area contributed by atoms with Crippen LogP contribution in [0.15, 0.2) is 24.3 Å². The van der Waals surface area contributed by atoms with Crippen molar-refractivity contribution in [2.45, 2.75) is 0 Å². The zero-order chi connectivity index (χ0) is 10.3. The zero-order valence-electron chi connectivity index (χ0n) is 6.54. The normalized spacial score (nSPS) is 8.00. The summed E-state index contributed by atoms with van der Waals surface area (Å²) < 4.78 is 0. The molecular weight excluding hydrogens is 176 g/mol. The standard InChI is InChI=1S/C7H6O3.CH2O2/c8-6-3-1-2-5(4-6)7(9)10;2-1-3/h1-4,8H,(H,9,10);1H,(H,2,3). The van der Waals surface area contributed by atoms with E-state index in [9.17, 15) is 4.79 Å². The number of carbonyl (C=O) groups is 2. The molecule has 0 fully saturated rings. The summed E-state index contributed by atoms with van der Waals surface area (Å²) in [6.07, 6.45) is 0. The summed E-state index contributed by atoms with van der Waals surface area (Å²) in [5.74, 6) is -1.06. The van der Waals surface area contributed by atoms with Crippen LogP contribution in [0.1, 0.15) is 10.4 Å². The van der Waals surface area contributed by atoms with Crippen molar-refractivity contribution >= 4 is 12.4 Å². The van der Waals surface area contributed by atoms with Gasteiger partial charge in [-0.15, -0.1) is 0 Å². The molecule has 13 heavy (non-hydrogen) atoms. The number of aromatic carboxylic acids is 1. The Hall–Kier alpha value is -2.04. The van der Waals surface area contributed by atoms with E-state index < -0.39 is 5.97 Å². The van der Waals surface area contributed by atoms with Crippen molar-refractivity contribution in [3.05, 3.63) is 29.8 Å². The number of phenols is 1. The van der Waals surface area contributed by atoms with Gasteiger partial charge in [0.2, 0.25) is 0 Å². The minimum absolute atomic E-state index is 0.0279. The lowest BCUT2D eigenvalue weighted by Gasteiger charge is -1.92. The number of benzene rings is 1. The van der Waals surface area contributed by atoms with E-state index in [1.54, 1.807) is 0 Å². The smallest absolute Gasteiger partial charge is 0.335 e. The van der Waals surface area contributed by atoms with Crippen LogP contribution in [-0.2, 0) is 4.79 Å². The number of rotatable bonds is 1. The summed E-state index contributed by atoms with van der Waals surface area (Å²) >= 11 is 0. The molecule has 0 amide bonds. The van der Waals surface area contributed by atoms with Crippen LogP contribution in [0.25, 0.3) is 0 Å². The van der Waals surface area contributed by atoms with E-state index in [0.29, 0.717) is 0 Å². The summed E-state index contributed by atoms with van der Waals surface area (Å²) in [5, 5.41) is 24.1. The van der Waals surface area contributed by atoms with Gasteiger partial charge in [0.1, 0.15) is 5.75 Å². The predicted molar refractivity (Wildman–Crippen MR) is 43.8 cm³/mol. The van der Waals surface area contributed by atoms with Gasteiger partial charge in [-0.3, -0.25) is 4.79 Å². The average Bonchev–Trinajstić information content (AvgIpc) is 2.05. The van der Waals surface area contributed by atoms with Gasteiger partial charge in [-0.25, -0.2) is 4.79 Å². The number of phenolic OH excluding ortho intramolecular Hbond substituents is 1. The Morgan fingerprint density at radius 1 is 1.38 bits per heavy atom. The maximum Gasteiger partial charge on any atom is 0.335 e. The fraction of sp³-hybridized carbons (Fsp3) is 0. The van der Waals surface area contributed by atoms with Crippen molar-refractivity contribution in [2.24, 2.45) is 0 Å². The Morgan fingerprint density at radius 2 is 1.92 bits per heavy atom. The van der Waals surface area contributed by atoms with Crippen LogP contribution in [0.2, 0.25) is 0 Å². The molecule has 0 heterocycles. The van der Waals surface area contributed by atoms with Gasteiger partial charge < -0.3 is 15.3 Å². The van der Waals surface area contributed by atoms with Gasteiger partial charge in [0, 0.05) is 0 Å². The van der Waals surface area contributed by atoms with E-state index in [0.717, 1.165) is 0 Å². The first-order valence-electron chi connectivity index (χ1n) is 3.22. The first-order valence-corrected chi connectivity index (χ1v) is 3.22. The highest BCUT2D eigenvalue weighted by Crippen LogP contribution is 2.09. The Bertz CT molecular complexity index is 294. The van der Waals surface area contributed by atoms with Gasteiger partial charge in [-0.2, -0.15) is 0 Å². The Morgan fingerprint density at radius 3 is 2.23 bits per heavy atom. The van der Waals surface area contributed by atoms with E-state index in [4.69, 9.17) is 20.1 Å². The van der Waals surface area contributed by atoms with Gasteiger partial charge in [-0.05, 0) is 18.2 Å². The Labute approximate surface area is 73.9 Å². The summed E-state index contributed by atoms with van der Waals surface area (Å²) in [5.41, 5.74) is 0.0972. The second-order valence-electron chi connectivity index (χ2n) is 1.96. The van der Waals surface area contributed by atoms with Crippen LogP contribution < -0.4 is 0 Å². The van der Waals surface area contributed by atoms with E-state index in [1.165, 1.54) is 24.3 Å². The monoisotopic (exact) mass is 184 g/mol. The number of carboxylic acid groups (broad SMARTS) is 2. The molecule has 3 N–H and O–H groups in total. The third-order valence-corrected chi connectivity index (χ3v) is 1.09. The molecule has 0 unspecified atom stereocenters. The van der Waals surface area contributed by atoms with E-state index in [-0.39, 0.29) is 17.8 Å². The number of hydrogen-bond donors (Lipinski definition) is 3. The lowest BCUT2D eigenvalue weighted by molar-refractivity contribution is -0.122. The second kappa shape index (κ2) is 5.59. The van der Waals surface area contributed by atoms with Crippen LogP contribution in [0, 0.1) is 0 Å². The van der Waals surface area contributed by atoms with Crippen LogP contribution >= 0.6 is 0 Å². The lowest BCUT2D eigenvalue weighted by atomic mass is 10.2. The molecule has 1 aromatic carbocycles. The van der Waals surface area contributed by atoms with Crippen LogP contribution in [-0.4, -0.2) is 27.8 Å². The second-order valence-corrected chi connectivity index (χ2v) is 1.96. The molecule has 0 bridgehead atoms. The van der Waals surface area contributed by atoms with Crippen LogP contribution in [0.3, 0.4) is 0 Å². The van der Waals surface area contributed by atoms with Crippen molar-refractivity contribution in [2.75, 3.05) is 0 Å². The van der Waals surface area contributed by atoms with Gasteiger partial charge in [0.05, 0.1) is 5.56 Å². The van der Waals surface area contributed by atoms with Gasteiger partial charge in [-0.1, -0.05) is 6.07 Å². The molecule has 0 saturated heterocycles. The molecular formula is C8H8O5. The molecule has 5 heteroatoms. The first-order chi connectivity index (χ1) is 6.11. The van der Waals surface area contributed by atoms with E-state index >= 15 is 0 Å². The first kappa shape index (κ1) is 11.0. The van der Waals surface area contributed by atoms with Crippen molar-refractivity contribution in [3.63, 3.8) is 0 Å². The number of aromatic hydroxyl groups is 1. The molecule has 1 rings (SSSR count). The Balaban J connectivity index is 0.000000424. The average molecular weight is 184 g/mol. The minimum Gasteiger partial charge on any atom is -0.508 e. The maximum atomic E-state index is 10.2. The lowest BCUT2D eigenvalue weighted by Crippen LogP contribution is -1.94. The van der Waals surface area contributed by atoms with Gasteiger partial charge >= 0.3 is 5.97 Å². The van der Waals surface area contributed by atoms with Gasteiger partial charge in [0.25, 0.3) is 6.47 Å². The highest BCUT2D eigenvalue weighted by Gasteiger charge is 2.00. The van der Waals surface area contributed by atoms with Crippen LogP contribution in [0.4, 0.5) is 0 Å². The predicted octanol–water partition coefficient (Wildman–Crippen LogP) is 0.791. The highest BCUT2D eigenvalue weighted by atomic mass is 16.4. The van der Waals surface area contributed by atoms with Crippen molar-refractivity contribution in [3.8, 4) is 5.75 Å². The summed E-state index contributed by atoms with van der Waals surface area (Å²) in [6, 6.07) is 5.52. The van der Waals surface area contributed by atoms with E-state index in [1.807, 2.05) is 0 Å². The summed E-state index contributed by atoms with van der Waals surface area (Å²) in [6.45, 7) is -0.250.